The van der Waals surface area contributed by atoms with Crippen molar-refractivity contribution in [2.45, 2.75) is 63.8 Å². The number of nitrogens with one attached hydrogen (secondary N) is 7. The average molecular weight is 856 g/mol. The van der Waals surface area contributed by atoms with Crippen LogP contribution in [0.4, 0.5) is 11.4 Å². The smallest absolute Gasteiger partial charge is 0.263 e. The van der Waals surface area contributed by atoms with Gasteiger partial charge in [0.2, 0.25) is 18.2 Å². The molecule has 2 saturated heterocycles. The maximum Gasteiger partial charge on any atom is 0.263 e. The van der Waals surface area contributed by atoms with Crippen LogP contribution in [0.2, 0.25) is 0 Å². The fourth-order valence-electron chi connectivity index (χ4n) is 7.66. The number of piperidine rings is 1. The summed E-state index contributed by atoms with van der Waals surface area (Å²) in [4.78, 5) is 78.0. The summed E-state index contributed by atoms with van der Waals surface area (Å²) in [7, 11) is 1.95. The number of benzene rings is 2. The Morgan fingerprint density at radius 3 is 2.28 bits per heavy atom. The highest BCUT2D eigenvalue weighted by Gasteiger charge is 2.33. The highest BCUT2D eigenvalue weighted by molar-refractivity contribution is 7.21. The van der Waals surface area contributed by atoms with Gasteiger partial charge in [-0.2, -0.15) is 0 Å². The maximum atomic E-state index is 13.0. The summed E-state index contributed by atoms with van der Waals surface area (Å²) in [5, 5.41) is 23.3. The molecule has 0 saturated carbocycles. The Kier molecular flexibility index (Phi) is 14.2. The number of anilines is 2. The van der Waals surface area contributed by atoms with Crippen molar-refractivity contribution in [3.63, 3.8) is 0 Å². The van der Waals surface area contributed by atoms with Crippen LogP contribution >= 0.6 is 22.7 Å². The molecule has 60 heavy (non-hydrogen) atoms. The van der Waals surface area contributed by atoms with Crippen molar-refractivity contribution in [1.29, 1.82) is 0 Å². The Hall–Kier alpha value is -5.78. The van der Waals surface area contributed by atoms with Gasteiger partial charge in [0.15, 0.2) is 0 Å². The lowest BCUT2D eigenvalue weighted by Crippen LogP contribution is -2.50. The Labute approximate surface area is 357 Å². The lowest BCUT2D eigenvalue weighted by Gasteiger charge is -2.32. The minimum Gasteiger partial charge on any atom is -0.382 e. The molecule has 15 nitrogen and oxygen atoms in total. The third-order valence-electron chi connectivity index (χ3n) is 10.8. The predicted octanol–water partition coefficient (Wildman–Crippen LogP) is 3.82. The lowest BCUT2D eigenvalue weighted by atomic mass is 10.0. The Morgan fingerprint density at radius 1 is 0.933 bits per heavy atom. The first kappa shape index (κ1) is 43.8. The van der Waals surface area contributed by atoms with Crippen LogP contribution in [0.1, 0.15) is 62.0 Å². The number of likely N-dealkylation sites (tertiary alicyclic amines) is 2. The molecule has 4 unspecified atom stereocenters. The lowest BCUT2D eigenvalue weighted by molar-refractivity contribution is -0.127. The first-order chi connectivity index (χ1) is 28.8. The van der Waals surface area contributed by atoms with Crippen LogP contribution in [0.15, 0.2) is 61.7 Å². The number of hydrogen-bond acceptors (Lipinski definition) is 11. The van der Waals surface area contributed by atoms with E-state index in [1.807, 2.05) is 58.2 Å². The summed E-state index contributed by atoms with van der Waals surface area (Å²) in [5.41, 5.74) is 2.88. The molecule has 0 spiro atoms. The van der Waals surface area contributed by atoms with Crippen molar-refractivity contribution in [3.8, 4) is 0 Å². The van der Waals surface area contributed by atoms with Gasteiger partial charge in [0.25, 0.3) is 17.7 Å². The van der Waals surface area contributed by atoms with Crippen molar-refractivity contribution in [2.24, 2.45) is 0 Å². The van der Waals surface area contributed by atoms with Gasteiger partial charge in [0.1, 0.15) is 4.88 Å². The van der Waals surface area contributed by atoms with Crippen molar-refractivity contribution in [1.82, 2.24) is 36.4 Å². The summed E-state index contributed by atoms with van der Waals surface area (Å²) in [6.07, 6.45) is 4.95. The number of thiophene rings is 2. The quantitative estimate of drug-likeness (QED) is 0.0820. The third-order valence-corrected chi connectivity index (χ3v) is 13.0. The van der Waals surface area contributed by atoms with Gasteiger partial charge in [-0.25, -0.2) is 0 Å². The highest BCUT2D eigenvalue weighted by Crippen LogP contribution is 2.38. The van der Waals surface area contributed by atoms with E-state index >= 15 is 0 Å². The number of amides is 6. The number of carbonyl (C=O) groups excluding carboxylic acids is 6. The zero-order valence-electron chi connectivity index (χ0n) is 34.3. The molecule has 5 heterocycles. The molecule has 7 rings (SSSR count). The molecular weight excluding hydrogens is 803 g/mol. The summed E-state index contributed by atoms with van der Waals surface area (Å²) in [6.45, 7) is 16.7. The van der Waals surface area contributed by atoms with Gasteiger partial charge < -0.3 is 47.0 Å². The molecule has 17 heteroatoms. The second-order valence-corrected chi connectivity index (χ2v) is 17.8. The van der Waals surface area contributed by atoms with Gasteiger partial charge in [-0.3, -0.25) is 28.8 Å². The van der Waals surface area contributed by atoms with Gasteiger partial charge in [-0.15, -0.1) is 22.7 Å². The fraction of sp³-hybridized carbons (Fsp3) is 0.395. The van der Waals surface area contributed by atoms with E-state index in [4.69, 9.17) is 0 Å². The van der Waals surface area contributed by atoms with E-state index in [0.29, 0.717) is 61.7 Å². The molecule has 4 aromatic rings. The van der Waals surface area contributed by atoms with E-state index in [-0.39, 0.29) is 59.7 Å². The van der Waals surface area contributed by atoms with Crippen molar-refractivity contribution < 1.29 is 28.8 Å². The van der Waals surface area contributed by atoms with Crippen LogP contribution in [0.5, 0.6) is 0 Å². The monoisotopic (exact) mass is 855 g/mol. The third kappa shape index (κ3) is 10.3. The number of nitrogens with zero attached hydrogens (tertiary/aromatic N) is 2. The molecule has 0 radical (unpaired) electrons. The van der Waals surface area contributed by atoms with Gasteiger partial charge in [0.05, 0.1) is 23.5 Å². The number of carbonyl (C=O) groups is 6. The molecule has 7 N–H and O–H groups in total. The molecule has 318 valence electrons. The summed E-state index contributed by atoms with van der Waals surface area (Å²) in [5.74, 6) is -0.792. The Balaban J connectivity index is 0.000000201. The summed E-state index contributed by atoms with van der Waals surface area (Å²) >= 11 is 3.08. The molecule has 3 aliphatic rings. The van der Waals surface area contributed by atoms with Crippen molar-refractivity contribution >= 4 is 90.2 Å². The van der Waals surface area contributed by atoms with Crippen LogP contribution < -0.4 is 37.2 Å². The average Bonchev–Trinajstić information content (AvgIpc) is 3.85. The van der Waals surface area contributed by atoms with Gasteiger partial charge >= 0.3 is 0 Å². The van der Waals surface area contributed by atoms with E-state index in [0.717, 1.165) is 49.3 Å². The van der Waals surface area contributed by atoms with E-state index in [9.17, 15) is 28.8 Å². The van der Waals surface area contributed by atoms with Gasteiger partial charge in [0, 0.05) is 93.6 Å². The zero-order chi connectivity index (χ0) is 43.1. The van der Waals surface area contributed by atoms with E-state index in [1.165, 1.54) is 23.5 Å². The standard InChI is InChI=1S/C22H28N4O3S.C21H25N5O3S/c1-4-20(28)26-9-5-6-17(12-26)25-22(29)16-7-8-19-18(10-16)21(15(3)30-19)23-11-14(2)24-13-27;1-4-17(27)24-14-9-26(3)10-15(14)25-20(28)12-5-6-16-13(7-12)18-19(30-16)21(29)23-11(2)8-22-18/h4,7-8,10,13-14,17,23H,1,5-6,9,11-12H2,2-3H3,(H,24,27)(H,25,29);4-7,11,14-15,22H,1,8-10H2,2-3H3,(H,23,29)(H,24,27)(H,25,28)/t14-,17?;/m1./s1. The predicted molar refractivity (Wildman–Crippen MR) is 239 cm³/mol. The number of rotatable bonds is 12. The van der Waals surface area contributed by atoms with Gasteiger partial charge in [-0.1, -0.05) is 13.2 Å². The largest absolute Gasteiger partial charge is 0.382 e. The molecule has 5 atom stereocenters. The normalized spacial score (nSPS) is 20.5. The zero-order valence-corrected chi connectivity index (χ0v) is 35.9. The molecule has 2 aromatic heterocycles. The number of hydrogen-bond donors (Lipinski definition) is 7. The van der Waals surface area contributed by atoms with Gasteiger partial charge in [-0.05, 0) is 89.2 Å². The van der Waals surface area contributed by atoms with Crippen molar-refractivity contribution in [2.75, 3.05) is 56.9 Å². The molecule has 2 fully saturated rings. The number of likely N-dealkylation sites (N-methyl/N-ethyl adjacent to an activating group) is 1. The molecule has 2 aromatic carbocycles. The van der Waals surface area contributed by atoms with E-state index in [2.05, 4.69) is 55.3 Å². The van der Waals surface area contributed by atoms with Crippen molar-refractivity contribution in [3.05, 3.63) is 82.6 Å². The molecule has 6 amide bonds. The molecule has 3 aliphatic heterocycles. The van der Waals surface area contributed by atoms with Crippen LogP contribution in [0, 0.1) is 6.92 Å². The van der Waals surface area contributed by atoms with Crippen LogP contribution in [-0.2, 0) is 14.4 Å². The first-order valence-corrected chi connectivity index (χ1v) is 21.6. The SMILES string of the molecule is C=CC(=O)N1CCCC(NC(=O)c2ccc3sc(C)c(NC[C@@H](C)NC=O)c3c2)C1.C=CC(=O)NC1CN(C)CC1NC(=O)c1ccc2sc3c(c2c1)NCC(C)NC3=O. The first-order valence-electron chi connectivity index (χ1n) is 20.0. The Morgan fingerprint density at radius 2 is 1.60 bits per heavy atom. The minimum atomic E-state index is -0.254. The second-order valence-electron chi connectivity index (χ2n) is 15.5. The van der Waals surface area contributed by atoms with E-state index in [1.54, 1.807) is 22.3 Å². The highest BCUT2D eigenvalue weighted by atomic mass is 32.1. The van der Waals surface area contributed by atoms with Crippen LogP contribution in [0.25, 0.3) is 20.2 Å². The van der Waals surface area contributed by atoms with Crippen LogP contribution in [-0.4, -0.2) is 122 Å². The minimum absolute atomic E-state index is 0.00384. The number of aryl methyl sites for hydroxylation is 1. The summed E-state index contributed by atoms with van der Waals surface area (Å²) in [6, 6.07) is 10.8. The molecule has 0 bridgehead atoms. The van der Waals surface area contributed by atoms with Crippen LogP contribution in [0.3, 0.4) is 0 Å². The topological polar surface area (TPSA) is 193 Å². The van der Waals surface area contributed by atoms with E-state index < -0.39 is 0 Å². The second kappa shape index (κ2) is 19.5. The maximum absolute atomic E-state index is 13.0. The Bertz CT molecular complexity index is 2310. The fourth-order valence-corrected chi connectivity index (χ4v) is 9.74. The number of fused-ring (bicyclic) bond motifs is 4. The molecular formula is C43H53N9O6S2. The summed E-state index contributed by atoms with van der Waals surface area (Å²) < 4.78 is 2.05. The molecule has 0 aliphatic carbocycles.